The number of methoxy groups -OCH3 is 1. The number of rotatable bonds is 4. The van der Waals surface area contributed by atoms with Crippen molar-refractivity contribution in [2.45, 2.75) is 6.54 Å². The maximum absolute atomic E-state index is 11.9. The second-order valence-corrected chi connectivity index (χ2v) is 4.15. The summed E-state index contributed by atoms with van der Waals surface area (Å²) in [6.45, 7) is 0.370. The van der Waals surface area contributed by atoms with Gasteiger partial charge >= 0.3 is 0 Å². The third-order valence-corrected chi connectivity index (χ3v) is 2.78. The van der Waals surface area contributed by atoms with Crippen LogP contribution in [0.2, 0.25) is 5.02 Å². The smallest absolute Gasteiger partial charge is 0.253 e. The molecule has 0 saturated heterocycles. The van der Waals surface area contributed by atoms with E-state index in [-0.39, 0.29) is 5.91 Å². The highest BCUT2D eigenvalue weighted by atomic mass is 35.5. The summed E-state index contributed by atoms with van der Waals surface area (Å²) in [6.07, 6.45) is 4.61. The molecule has 0 aliphatic rings. The van der Waals surface area contributed by atoms with Crippen LogP contribution in [0.3, 0.4) is 0 Å². The van der Waals surface area contributed by atoms with Gasteiger partial charge in [0.1, 0.15) is 0 Å². The van der Waals surface area contributed by atoms with Crippen molar-refractivity contribution >= 4 is 17.5 Å². The third kappa shape index (κ3) is 3.42. The Morgan fingerprint density at radius 3 is 2.84 bits per heavy atom. The van der Waals surface area contributed by atoms with Gasteiger partial charge in [-0.05, 0) is 11.6 Å². The molecule has 0 unspecified atom stereocenters. The molecule has 0 radical (unpaired) electrons. The number of nitrogens with one attached hydrogen (secondary N) is 1. The molecule has 2 aromatic rings. The van der Waals surface area contributed by atoms with Crippen molar-refractivity contribution in [1.82, 2.24) is 15.3 Å². The molecule has 5 nitrogen and oxygen atoms in total. The summed E-state index contributed by atoms with van der Waals surface area (Å²) in [5.74, 6) is 0.287. The number of hydrogen-bond donors (Lipinski definition) is 1. The first-order valence-corrected chi connectivity index (χ1v) is 5.95. The van der Waals surface area contributed by atoms with E-state index in [1.165, 1.54) is 12.4 Å². The number of pyridine rings is 2. The molecule has 1 amide bonds. The zero-order valence-corrected chi connectivity index (χ0v) is 11.0. The van der Waals surface area contributed by atoms with Crippen LogP contribution in [0, 0.1) is 0 Å². The molecule has 0 atom stereocenters. The molecule has 19 heavy (non-hydrogen) atoms. The van der Waals surface area contributed by atoms with Crippen molar-refractivity contribution in [3.63, 3.8) is 0 Å². The Morgan fingerprint density at radius 2 is 2.21 bits per heavy atom. The van der Waals surface area contributed by atoms with Gasteiger partial charge in [0.05, 0.1) is 17.7 Å². The first-order chi connectivity index (χ1) is 9.20. The molecule has 98 valence electrons. The summed E-state index contributed by atoms with van der Waals surface area (Å²) >= 11 is 5.89. The van der Waals surface area contributed by atoms with Crippen LogP contribution in [0.25, 0.3) is 0 Å². The Morgan fingerprint density at radius 1 is 1.37 bits per heavy atom. The van der Waals surface area contributed by atoms with E-state index in [4.69, 9.17) is 16.3 Å². The minimum Gasteiger partial charge on any atom is -0.481 e. The van der Waals surface area contributed by atoms with Crippen molar-refractivity contribution in [1.29, 1.82) is 0 Å². The SMILES string of the molecule is COc1ccc(CNC(=O)c2ccncc2Cl)cn1. The van der Waals surface area contributed by atoms with E-state index in [0.717, 1.165) is 5.56 Å². The molecule has 0 bridgehead atoms. The van der Waals surface area contributed by atoms with Crippen LogP contribution in [-0.2, 0) is 6.54 Å². The van der Waals surface area contributed by atoms with Crippen molar-refractivity contribution in [2.24, 2.45) is 0 Å². The predicted octanol–water partition coefficient (Wildman–Crippen LogP) is 2.07. The van der Waals surface area contributed by atoms with E-state index in [1.807, 2.05) is 6.07 Å². The Kier molecular flexibility index (Phi) is 4.30. The molecule has 0 spiro atoms. The van der Waals surface area contributed by atoms with Crippen LogP contribution in [0.4, 0.5) is 0 Å². The Hall–Kier alpha value is -2.14. The Bertz CT molecular complexity index is 572. The standard InChI is InChI=1S/C13H12ClN3O2/c1-19-12-3-2-9(6-16-12)7-17-13(18)10-4-5-15-8-11(10)14/h2-6,8H,7H2,1H3,(H,17,18). The van der Waals surface area contributed by atoms with Gasteiger partial charge in [0, 0.05) is 31.2 Å². The lowest BCUT2D eigenvalue weighted by atomic mass is 10.2. The van der Waals surface area contributed by atoms with Gasteiger partial charge in [0.2, 0.25) is 5.88 Å². The third-order valence-electron chi connectivity index (χ3n) is 2.48. The Labute approximate surface area is 115 Å². The van der Waals surface area contributed by atoms with Crippen LogP contribution in [0.1, 0.15) is 15.9 Å². The molecular weight excluding hydrogens is 266 g/mol. The largest absolute Gasteiger partial charge is 0.481 e. The lowest BCUT2D eigenvalue weighted by Crippen LogP contribution is -2.23. The molecule has 1 N–H and O–H groups in total. The molecule has 0 fully saturated rings. The predicted molar refractivity (Wildman–Crippen MR) is 71.2 cm³/mol. The van der Waals surface area contributed by atoms with Crippen molar-refractivity contribution in [3.05, 3.63) is 52.9 Å². The zero-order chi connectivity index (χ0) is 13.7. The van der Waals surface area contributed by atoms with Crippen molar-refractivity contribution < 1.29 is 9.53 Å². The summed E-state index contributed by atoms with van der Waals surface area (Å²) in [4.78, 5) is 19.8. The average molecular weight is 278 g/mol. The molecule has 0 aliphatic heterocycles. The van der Waals surface area contributed by atoms with E-state index in [2.05, 4.69) is 15.3 Å². The first-order valence-electron chi connectivity index (χ1n) is 5.57. The second kappa shape index (κ2) is 6.15. The average Bonchev–Trinajstić information content (AvgIpc) is 2.46. The molecule has 2 rings (SSSR count). The van der Waals surface area contributed by atoms with Crippen molar-refractivity contribution in [2.75, 3.05) is 7.11 Å². The summed E-state index contributed by atoms with van der Waals surface area (Å²) < 4.78 is 4.96. The van der Waals surface area contributed by atoms with E-state index in [9.17, 15) is 4.79 Å². The molecule has 0 aromatic carbocycles. The molecule has 6 heteroatoms. The van der Waals surface area contributed by atoms with Crippen LogP contribution in [-0.4, -0.2) is 23.0 Å². The molecule has 0 aliphatic carbocycles. The van der Waals surface area contributed by atoms with E-state index < -0.39 is 0 Å². The van der Waals surface area contributed by atoms with E-state index in [0.29, 0.717) is 23.0 Å². The maximum Gasteiger partial charge on any atom is 0.253 e. The van der Waals surface area contributed by atoms with Crippen LogP contribution in [0.15, 0.2) is 36.8 Å². The summed E-state index contributed by atoms with van der Waals surface area (Å²) in [5.41, 5.74) is 1.28. The highest BCUT2D eigenvalue weighted by Crippen LogP contribution is 2.13. The maximum atomic E-state index is 11.9. The Balaban J connectivity index is 1.98. The summed E-state index contributed by atoms with van der Waals surface area (Å²) in [7, 11) is 1.55. The molecular formula is C13H12ClN3O2. The van der Waals surface area contributed by atoms with Gasteiger partial charge in [-0.3, -0.25) is 9.78 Å². The number of carbonyl (C=O) groups is 1. The van der Waals surface area contributed by atoms with Crippen LogP contribution in [0.5, 0.6) is 5.88 Å². The van der Waals surface area contributed by atoms with Crippen LogP contribution >= 0.6 is 11.6 Å². The van der Waals surface area contributed by atoms with Gasteiger partial charge in [-0.15, -0.1) is 0 Å². The lowest BCUT2D eigenvalue weighted by molar-refractivity contribution is 0.0951. The minimum absolute atomic E-state index is 0.247. The summed E-state index contributed by atoms with van der Waals surface area (Å²) in [6, 6.07) is 5.14. The minimum atomic E-state index is -0.247. The van der Waals surface area contributed by atoms with Crippen LogP contribution < -0.4 is 10.1 Å². The number of halogens is 1. The van der Waals surface area contributed by atoms with Gasteiger partial charge in [0.15, 0.2) is 0 Å². The number of nitrogens with zero attached hydrogens (tertiary/aromatic N) is 2. The van der Waals surface area contributed by atoms with Gasteiger partial charge in [0.25, 0.3) is 5.91 Å². The fourth-order valence-electron chi connectivity index (χ4n) is 1.47. The van der Waals surface area contributed by atoms with E-state index >= 15 is 0 Å². The second-order valence-electron chi connectivity index (χ2n) is 3.75. The van der Waals surface area contributed by atoms with Crippen molar-refractivity contribution in [3.8, 4) is 5.88 Å². The van der Waals surface area contributed by atoms with E-state index in [1.54, 1.807) is 25.4 Å². The fraction of sp³-hybridized carbons (Fsp3) is 0.154. The molecule has 2 aromatic heterocycles. The lowest BCUT2D eigenvalue weighted by Gasteiger charge is -2.06. The molecule has 2 heterocycles. The van der Waals surface area contributed by atoms with Gasteiger partial charge in [-0.1, -0.05) is 17.7 Å². The normalized spacial score (nSPS) is 10.0. The van der Waals surface area contributed by atoms with Gasteiger partial charge in [-0.2, -0.15) is 0 Å². The van der Waals surface area contributed by atoms with Gasteiger partial charge in [-0.25, -0.2) is 4.98 Å². The van der Waals surface area contributed by atoms with Gasteiger partial charge < -0.3 is 10.1 Å². The number of amides is 1. The zero-order valence-electron chi connectivity index (χ0n) is 10.3. The monoisotopic (exact) mass is 277 g/mol. The highest BCUT2D eigenvalue weighted by molar-refractivity contribution is 6.33. The first kappa shape index (κ1) is 13.3. The number of ether oxygens (including phenoxy) is 1. The highest BCUT2D eigenvalue weighted by Gasteiger charge is 2.09. The quantitative estimate of drug-likeness (QED) is 0.929. The number of aromatic nitrogens is 2. The topological polar surface area (TPSA) is 64.1 Å². The fourth-order valence-corrected chi connectivity index (χ4v) is 1.68. The molecule has 0 saturated carbocycles. The number of carbonyl (C=O) groups excluding carboxylic acids is 1. The number of hydrogen-bond acceptors (Lipinski definition) is 4. The summed E-state index contributed by atoms with van der Waals surface area (Å²) in [5, 5.41) is 3.09.